The smallest absolute Gasteiger partial charge is 0.349 e. The maximum absolute atomic E-state index is 11.1. The summed E-state index contributed by atoms with van der Waals surface area (Å²) in [5, 5.41) is 9.40. The lowest BCUT2D eigenvalue weighted by Crippen LogP contribution is -1.96. The Morgan fingerprint density at radius 1 is 1.33 bits per heavy atom. The molecule has 0 aromatic heterocycles. The van der Waals surface area contributed by atoms with Gasteiger partial charge in [-0.15, -0.1) is 0 Å². The fraction of sp³-hybridized carbons (Fsp3) is 0.0909. The molecular formula is C11H6ClNO2. The number of halogens is 1. The highest BCUT2D eigenvalue weighted by molar-refractivity contribution is 6.30. The van der Waals surface area contributed by atoms with Gasteiger partial charge in [0.2, 0.25) is 0 Å². The average Bonchev–Trinajstić information content (AvgIpc) is 2.61. The highest BCUT2D eigenvalue weighted by atomic mass is 35.5. The van der Waals surface area contributed by atoms with Gasteiger partial charge in [-0.3, -0.25) is 0 Å². The molecule has 4 heteroatoms. The van der Waals surface area contributed by atoms with Crippen molar-refractivity contribution in [2.45, 2.75) is 0 Å². The molecule has 0 aliphatic carbocycles. The van der Waals surface area contributed by atoms with Crippen LogP contribution in [0.3, 0.4) is 0 Å². The van der Waals surface area contributed by atoms with Gasteiger partial charge in [0.25, 0.3) is 0 Å². The Balaban J connectivity index is 2.48. The van der Waals surface area contributed by atoms with E-state index in [1.54, 1.807) is 24.3 Å². The number of ether oxygens (including phenoxy) is 1. The third-order valence-corrected chi connectivity index (χ3v) is 2.41. The van der Waals surface area contributed by atoms with Crippen LogP contribution in [0.25, 0.3) is 5.57 Å². The van der Waals surface area contributed by atoms with E-state index in [4.69, 9.17) is 21.6 Å². The van der Waals surface area contributed by atoms with Crippen LogP contribution in [0, 0.1) is 11.3 Å². The molecule has 3 nitrogen and oxygen atoms in total. The molecule has 0 spiro atoms. The molecule has 0 saturated carbocycles. The third-order valence-electron chi connectivity index (χ3n) is 2.16. The first-order valence-corrected chi connectivity index (χ1v) is 4.66. The highest BCUT2D eigenvalue weighted by Gasteiger charge is 2.25. The molecule has 0 saturated heterocycles. The Hall–Kier alpha value is -1.79. The number of rotatable bonds is 1. The molecular weight excluding hydrogens is 214 g/mol. The number of esters is 1. The van der Waals surface area contributed by atoms with Crippen LogP contribution in [0.2, 0.25) is 5.02 Å². The molecule has 0 radical (unpaired) electrons. The Labute approximate surface area is 91.5 Å². The van der Waals surface area contributed by atoms with Crippen molar-refractivity contribution in [3.8, 4) is 6.07 Å². The van der Waals surface area contributed by atoms with Gasteiger partial charge in [0.15, 0.2) is 0 Å². The first-order chi connectivity index (χ1) is 7.22. The largest absolute Gasteiger partial charge is 0.457 e. The normalized spacial score (nSPS) is 15.1. The van der Waals surface area contributed by atoms with E-state index in [1.165, 1.54) is 0 Å². The number of nitriles is 1. The molecule has 15 heavy (non-hydrogen) atoms. The van der Waals surface area contributed by atoms with Gasteiger partial charge in [0.1, 0.15) is 18.2 Å². The zero-order valence-corrected chi connectivity index (χ0v) is 8.41. The van der Waals surface area contributed by atoms with Gasteiger partial charge in [-0.2, -0.15) is 5.26 Å². The lowest BCUT2D eigenvalue weighted by molar-refractivity contribution is -0.135. The summed E-state index contributed by atoms with van der Waals surface area (Å²) in [6.07, 6.45) is 0. The molecule has 0 atom stereocenters. The fourth-order valence-corrected chi connectivity index (χ4v) is 1.52. The van der Waals surface area contributed by atoms with E-state index in [0.29, 0.717) is 10.6 Å². The van der Waals surface area contributed by atoms with Gasteiger partial charge in [-0.25, -0.2) is 4.79 Å². The van der Waals surface area contributed by atoms with Crippen molar-refractivity contribution in [1.29, 1.82) is 5.26 Å². The number of cyclic esters (lactones) is 1. The average molecular weight is 220 g/mol. The number of nitrogens with zero attached hydrogens (tertiary/aromatic N) is 1. The fourth-order valence-electron chi connectivity index (χ4n) is 1.40. The van der Waals surface area contributed by atoms with Gasteiger partial charge >= 0.3 is 5.97 Å². The second-order valence-electron chi connectivity index (χ2n) is 3.05. The van der Waals surface area contributed by atoms with Crippen LogP contribution < -0.4 is 0 Å². The van der Waals surface area contributed by atoms with Gasteiger partial charge < -0.3 is 4.74 Å². The summed E-state index contributed by atoms with van der Waals surface area (Å²) in [4.78, 5) is 11.1. The lowest BCUT2D eigenvalue weighted by atomic mass is 10.0. The lowest BCUT2D eigenvalue weighted by Gasteiger charge is -2.00. The van der Waals surface area contributed by atoms with Gasteiger partial charge in [0, 0.05) is 10.6 Å². The van der Waals surface area contributed by atoms with Gasteiger partial charge in [-0.05, 0) is 17.7 Å². The van der Waals surface area contributed by atoms with E-state index < -0.39 is 5.97 Å². The Morgan fingerprint density at radius 2 is 2.00 bits per heavy atom. The Morgan fingerprint density at radius 3 is 2.60 bits per heavy atom. The van der Waals surface area contributed by atoms with Crippen molar-refractivity contribution >= 4 is 23.1 Å². The molecule has 0 N–H and O–H groups in total. The molecule has 1 aliphatic rings. The summed E-state index contributed by atoms with van der Waals surface area (Å²) in [6, 6.07) is 8.79. The second-order valence-corrected chi connectivity index (χ2v) is 3.48. The third kappa shape index (κ3) is 1.72. The quantitative estimate of drug-likeness (QED) is 0.681. The molecule has 74 valence electrons. The number of hydrogen-bond acceptors (Lipinski definition) is 3. The topological polar surface area (TPSA) is 50.1 Å². The van der Waals surface area contributed by atoms with Crippen LogP contribution in [0.4, 0.5) is 0 Å². The number of carbonyl (C=O) groups excluding carboxylic acids is 1. The Kier molecular flexibility index (Phi) is 2.44. The summed E-state index contributed by atoms with van der Waals surface area (Å²) >= 11 is 5.74. The van der Waals surface area contributed by atoms with Crippen LogP contribution in [-0.2, 0) is 9.53 Å². The number of hydrogen-bond donors (Lipinski definition) is 0. The Bertz CT molecular complexity index is 482. The van der Waals surface area contributed by atoms with Gasteiger partial charge in [-0.1, -0.05) is 23.7 Å². The summed E-state index contributed by atoms with van der Waals surface area (Å²) < 4.78 is 4.79. The molecule has 2 rings (SSSR count). The number of carbonyl (C=O) groups is 1. The van der Waals surface area contributed by atoms with Crippen LogP contribution in [0.15, 0.2) is 29.8 Å². The van der Waals surface area contributed by atoms with Gasteiger partial charge in [0.05, 0.1) is 0 Å². The predicted octanol–water partition coefficient (Wildman–Crippen LogP) is 2.17. The van der Waals surface area contributed by atoms with E-state index in [0.717, 1.165) is 5.56 Å². The van der Waals surface area contributed by atoms with Crippen molar-refractivity contribution in [3.05, 3.63) is 40.4 Å². The number of benzene rings is 1. The standard InChI is InChI=1S/C11H6ClNO2/c12-8-3-1-7(2-4-8)10-6-15-11(14)9(10)5-13/h1-4H,6H2. The molecule has 0 bridgehead atoms. The minimum absolute atomic E-state index is 0.0809. The van der Waals surface area contributed by atoms with E-state index in [2.05, 4.69) is 0 Å². The van der Waals surface area contributed by atoms with Crippen molar-refractivity contribution in [2.75, 3.05) is 6.61 Å². The minimum Gasteiger partial charge on any atom is -0.457 e. The van der Waals surface area contributed by atoms with Crippen LogP contribution in [0.5, 0.6) is 0 Å². The SMILES string of the molecule is N#CC1=C(c2ccc(Cl)cc2)COC1=O. The first-order valence-electron chi connectivity index (χ1n) is 4.28. The minimum atomic E-state index is -0.553. The summed E-state index contributed by atoms with van der Waals surface area (Å²) in [5.74, 6) is -0.553. The molecule has 1 aromatic carbocycles. The molecule has 1 aliphatic heterocycles. The van der Waals surface area contributed by atoms with Crippen molar-refractivity contribution in [3.63, 3.8) is 0 Å². The maximum atomic E-state index is 11.1. The van der Waals surface area contributed by atoms with E-state index in [1.807, 2.05) is 6.07 Å². The highest BCUT2D eigenvalue weighted by Crippen LogP contribution is 2.26. The first kappa shape index (κ1) is 9.75. The van der Waals surface area contributed by atoms with Crippen LogP contribution >= 0.6 is 11.6 Å². The monoisotopic (exact) mass is 219 g/mol. The van der Waals surface area contributed by atoms with Crippen LogP contribution in [0.1, 0.15) is 5.56 Å². The zero-order valence-electron chi connectivity index (χ0n) is 7.66. The summed E-state index contributed by atoms with van der Waals surface area (Å²) in [5.41, 5.74) is 1.50. The van der Waals surface area contributed by atoms with Crippen molar-refractivity contribution < 1.29 is 9.53 Å². The summed E-state index contributed by atoms with van der Waals surface area (Å²) in [7, 11) is 0. The van der Waals surface area contributed by atoms with E-state index >= 15 is 0 Å². The molecule has 0 amide bonds. The zero-order chi connectivity index (χ0) is 10.8. The molecule has 0 unspecified atom stereocenters. The summed E-state index contributed by atoms with van der Waals surface area (Å²) in [6.45, 7) is 0.156. The van der Waals surface area contributed by atoms with Crippen LogP contribution in [-0.4, -0.2) is 12.6 Å². The van der Waals surface area contributed by atoms with E-state index in [-0.39, 0.29) is 12.2 Å². The van der Waals surface area contributed by atoms with E-state index in [9.17, 15) is 4.79 Å². The predicted molar refractivity (Wildman–Crippen MR) is 54.9 cm³/mol. The second kappa shape index (κ2) is 3.76. The molecule has 1 aromatic rings. The maximum Gasteiger partial charge on any atom is 0.349 e. The molecule has 0 fully saturated rings. The molecule has 1 heterocycles. The van der Waals surface area contributed by atoms with Crippen molar-refractivity contribution in [2.24, 2.45) is 0 Å². The van der Waals surface area contributed by atoms with Crippen molar-refractivity contribution in [1.82, 2.24) is 0 Å².